The SMILES string of the molecule is COC(=O)C[C@@H](NC(=O)Nc1cccc(F)c1F)C1CC1. The third kappa shape index (κ3) is 4.14. The Morgan fingerprint density at radius 3 is 2.71 bits per heavy atom. The Morgan fingerprint density at radius 2 is 2.10 bits per heavy atom. The van der Waals surface area contributed by atoms with Crippen LogP contribution in [0.3, 0.4) is 0 Å². The molecule has 1 aromatic rings. The van der Waals surface area contributed by atoms with Gasteiger partial charge in [0.05, 0.1) is 19.2 Å². The summed E-state index contributed by atoms with van der Waals surface area (Å²) in [6, 6.07) is 2.46. The van der Waals surface area contributed by atoms with Crippen LogP contribution < -0.4 is 10.6 Å². The summed E-state index contributed by atoms with van der Waals surface area (Å²) in [4.78, 5) is 23.1. The quantitative estimate of drug-likeness (QED) is 0.820. The minimum Gasteiger partial charge on any atom is -0.469 e. The van der Waals surface area contributed by atoms with Crippen LogP contribution in [0.1, 0.15) is 19.3 Å². The molecule has 0 aromatic heterocycles. The zero-order chi connectivity index (χ0) is 15.4. The lowest BCUT2D eigenvalue weighted by Gasteiger charge is -2.17. The molecule has 0 heterocycles. The van der Waals surface area contributed by atoms with Crippen LogP contribution in [0.25, 0.3) is 0 Å². The van der Waals surface area contributed by atoms with Gasteiger partial charge in [-0.05, 0) is 30.9 Å². The largest absolute Gasteiger partial charge is 0.469 e. The molecule has 0 bridgehead atoms. The third-order valence-corrected chi connectivity index (χ3v) is 3.32. The Kier molecular flexibility index (Phi) is 4.72. The van der Waals surface area contributed by atoms with Crippen molar-refractivity contribution >= 4 is 17.7 Å². The minimum absolute atomic E-state index is 0.0558. The van der Waals surface area contributed by atoms with E-state index >= 15 is 0 Å². The van der Waals surface area contributed by atoms with E-state index in [0.717, 1.165) is 18.9 Å². The van der Waals surface area contributed by atoms with Crippen molar-refractivity contribution in [3.05, 3.63) is 29.8 Å². The number of hydrogen-bond acceptors (Lipinski definition) is 3. The van der Waals surface area contributed by atoms with Crippen LogP contribution in [0.4, 0.5) is 19.3 Å². The number of carbonyl (C=O) groups excluding carboxylic acids is 2. The maximum atomic E-state index is 13.4. The van der Waals surface area contributed by atoms with Crippen molar-refractivity contribution in [3.8, 4) is 0 Å². The molecule has 2 N–H and O–H groups in total. The van der Waals surface area contributed by atoms with E-state index in [0.29, 0.717) is 0 Å². The Hall–Kier alpha value is -2.18. The van der Waals surface area contributed by atoms with Crippen LogP contribution in [0.5, 0.6) is 0 Å². The topological polar surface area (TPSA) is 67.4 Å². The first-order valence-electron chi connectivity index (χ1n) is 6.59. The van der Waals surface area contributed by atoms with E-state index in [4.69, 9.17) is 0 Å². The second-order valence-corrected chi connectivity index (χ2v) is 4.92. The monoisotopic (exact) mass is 298 g/mol. The minimum atomic E-state index is -1.12. The number of methoxy groups -OCH3 is 1. The standard InChI is InChI=1S/C14H16F2N2O3/c1-21-12(19)7-11(8-5-6-8)18-14(20)17-10-4-2-3-9(15)13(10)16/h2-4,8,11H,5-7H2,1H3,(H2,17,18,20)/t11-/m1/s1. The molecular formula is C14H16F2N2O3. The van der Waals surface area contributed by atoms with Crippen molar-refractivity contribution in [1.82, 2.24) is 5.32 Å². The second kappa shape index (κ2) is 6.51. The molecule has 1 saturated carbocycles. The lowest BCUT2D eigenvalue weighted by molar-refractivity contribution is -0.141. The lowest BCUT2D eigenvalue weighted by atomic mass is 10.1. The fourth-order valence-electron chi connectivity index (χ4n) is 2.02. The van der Waals surface area contributed by atoms with E-state index in [1.54, 1.807) is 0 Å². The molecule has 0 unspecified atom stereocenters. The number of urea groups is 1. The predicted molar refractivity (Wildman–Crippen MR) is 71.7 cm³/mol. The summed E-state index contributed by atoms with van der Waals surface area (Å²) < 4.78 is 31.1. The highest BCUT2D eigenvalue weighted by atomic mass is 19.2. The van der Waals surface area contributed by atoms with Gasteiger partial charge in [0.1, 0.15) is 0 Å². The number of anilines is 1. The van der Waals surface area contributed by atoms with E-state index in [9.17, 15) is 18.4 Å². The van der Waals surface area contributed by atoms with Gasteiger partial charge in [0, 0.05) is 6.04 Å². The number of benzene rings is 1. The predicted octanol–water partition coefficient (Wildman–Crippen LogP) is 2.43. The molecule has 0 radical (unpaired) electrons. The molecule has 1 aliphatic carbocycles. The van der Waals surface area contributed by atoms with Gasteiger partial charge in [-0.25, -0.2) is 13.6 Å². The van der Waals surface area contributed by atoms with E-state index in [1.165, 1.54) is 19.2 Å². The number of nitrogens with one attached hydrogen (secondary N) is 2. The van der Waals surface area contributed by atoms with Gasteiger partial charge in [-0.2, -0.15) is 0 Å². The van der Waals surface area contributed by atoms with Crippen molar-refractivity contribution in [2.24, 2.45) is 5.92 Å². The highest BCUT2D eigenvalue weighted by Crippen LogP contribution is 2.34. The van der Waals surface area contributed by atoms with Crippen LogP contribution in [-0.2, 0) is 9.53 Å². The molecule has 0 spiro atoms. The van der Waals surface area contributed by atoms with E-state index in [2.05, 4.69) is 15.4 Å². The molecule has 1 fully saturated rings. The van der Waals surface area contributed by atoms with Gasteiger partial charge in [0.15, 0.2) is 11.6 Å². The first kappa shape index (κ1) is 15.2. The average molecular weight is 298 g/mol. The zero-order valence-corrected chi connectivity index (χ0v) is 11.5. The maximum Gasteiger partial charge on any atom is 0.319 e. The number of ether oxygens (including phenoxy) is 1. The number of hydrogen-bond donors (Lipinski definition) is 2. The van der Waals surface area contributed by atoms with E-state index < -0.39 is 23.6 Å². The van der Waals surface area contributed by atoms with Gasteiger partial charge in [-0.15, -0.1) is 0 Å². The Labute approximate surface area is 120 Å². The van der Waals surface area contributed by atoms with Crippen molar-refractivity contribution in [2.45, 2.75) is 25.3 Å². The summed E-state index contributed by atoms with van der Waals surface area (Å²) in [5.41, 5.74) is -0.250. The zero-order valence-electron chi connectivity index (χ0n) is 11.5. The summed E-state index contributed by atoms with van der Waals surface area (Å²) in [6.45, 7) is 0. The van der Waals surface area contributed by atoms with E-state index in [1.807, 2.05) is 0 Å². The van der Waals surface area contributed by atoms with Crippen LogP contribution in [0, 0.1) is 17.6 Å². The number of amides is 2. The lowest BCUT2D eigenvalue weighted by Crippen LogP contribution is -2.41. The number of carbonyl (C=O) groups is 2. The van der Waals surface area contributed by atoms with Crippen molar-refractivity contribution < 1.29 is 23.1 Å². The molecule has 114 valence electrons. The molecule has 0 aliphatic heterocycles. The Morgan fingerprint density at radius 1 is 1.38 bits per heavy atom. The molecule has 2 amide bonds. The van der Waals surface area contributed by atoms with Gasteiger partial charge in [-0.3, -0.25) is 4.79 Å². The highest BCUT2D eigenvalue weighted by molar-refractivity contribution is 5.90. The molecule has 1 atom stereocenters. The highest BCUT2D eigenvalue weighted by Gasteiger charge is 2.34. The van der Waals surface area contributed by atoms with Crippen LogP contribution in [0.15, 0.2) is 18.2 Å². The van der Waals surface area contributed by atoms with Gasteiger partial charge < -0.3 is 15.4 Å². The summed E-state index contributed by atoms with van der Waals surface area (Å²) in [6.07, 6.45) is 1.88. The van der Waals surface area contributed by atoms with Crippen molar-refractivity contribution in [3.63, 3.8) is 0 Å². The van der Waals surface area contributed by atoms with Gasteiger partial charge in [0.25, 0.3) is 0 Å². The van der Waals surface area contributed by atoms with Gasteiger partial charge >= 0.3 is 12.0 Å². The van der Waals surface area contributed by atoms with Crippen LogP contribution in [0.2, 0.25) is 0 Å². The van der Waals surface area contributed by atoms with Gasteiger partial charge in [-0.1, -0.05) is 6.07 Å². The maximum absolute atomic E-state index is 13.4. The molecular weight excluding hydrogens is 282 g/mol. The fourth-order valence-corrected chi connectivity index (χ4v) is 2.02. The normalized spacial score (nSPS) is 15.2. The Balaban J connectivity index is 1.96. The first-order valence-corrected chi connectivity index (χ1v) is 6.59. The summed E-state index contributed by atoms with van der Waals surface area (Å²) in [5, 5.41) is 4.84. The van der Waals surface area contributed by atoms with Crippen molar-refractivity contribution in [1.29, 1.82) is 0 Å². The summed E-state index contributed by atoms with van der Waals surface area (Å²) in [7, 11) is 1.27. The van der Waals surface area contributed by atoms with Crippen molar-refractivity contribution in [2.75, 3.05) is 12.4 Å². The molecule has 21 heavy (non-hydrogen) atoms. The molecule has 1 aromatic carbocycles. The molecule has 5 nitrogen and oxygen atoms in total. The summed E-state index contributed by atoms with van der Waals surface area (Å²) in [5.74, 6) is -2.37. The van der Waals surface area contributed by atoms with Crippen LogP contribution in [-0.4, -0.2) is 25.2 Å². The molecule has 2 rings (SSSR count). The molecule has 1 aliphatic rings. The average Bonchev–Trinajstić information content (AvgIpc) is 3.27. The van der Waals surface area contributed by atoms with Gasteiger partial charge in [0.2, 0.25) is 0 Å². The second-order valence-electron chi connectivity index (χ2n) is 4.92. The summed E-state index contributed by atoms with van der Waals surface area (Å²) >= 11 is 0. The van der Waals surface area contributed by atoms with E-state index in [-0.39, 0.29) is 24.1 Å². The number of rotatable bonds is 5. The van der Waals surface area contributed by atoms with Crippen LogP contribution >= 0.6 is 0 Å². The molecule has 0 saturated heterocycles. The Bertz CT molecular complexity index is 547. The fraction of sp³-hybridized carbons (Fsp3) is 0.429. The number of esters is 1. The molecule has 7 heteroatoms. The third-order valence-electron chi connectivity index (χ3n) is 3.32. The smallest absolute Gasteiger partial charge is 0.319 e. The number of halogens is 2. The first-order chi connectivity index (χ1) is 10.0.